The quantitative estimate of drug-likeness (QED) is 0.348. The van der Waals surface area contributed by atoms with Gasteiger partial charge in [0.25, 0.3) is 0 Å². The minimum absolute atomic E-state index is 0.277. The van der Waals surface area contributed by atoms with Gasteiger partial charge in [-0.15, -0.1) is 10.2 Å². The van der Waals surface area contributed by atoms with Crippen LogP contribution < -0.4 is 0 Å². The molecule has 0 saturated carbocycles. The zero-order chi connectivity index (χ0) is 23.4. The van der Waals surface area contributed by atoms with E-state index in [9.17, 15) is 8.42 Å². The van der Waals surface area contributed by atoms with E-state index >= 15 is 0 Å². The molecule has 0 bridgehead atoms. The fraction of sp³-hybridized carbons (Fsp3) is 0.208. The molecule has 4 rings (SSSR count). The number of hydrogen-bond donors (Lipinski definition) is 0. The molecule has 0 N–H and O–H groups in total. The number of nitrogens with zero attached hydrogens (tertiary/aromatic N) is 5. The van der Waals surface area contributed by atoms with Gasteiger partial charge in [-0.25, -0.2) is 12.7 Å². The predicted molar refractivity (Wildman–Crippen MR) is 131 cm³/mol. The van der Waals surface area contributed by atoms with E-state index in [1.807, 2.05) is 22.8 Å². The zero-order valence-electron chi connectivity index (χ0n) is 18.7. The van der Waals surface area contributed by atoms with Gasteiger partial charge in [0.2, 0.25) is 10.0 Å². The topological polar surface area (TPSA) is 81.0 Å². The first-order valence-corrected chi connectivity index (χ1v) is 12.9. The van der Waals surface area contributed by atoms with Crippen LogP contribution in [0.2, 0.25) is 0 Å². The van der Waals surface area contributed by atoms with E-state index in [2.05, 4.69) is 46.4 Å². The van der Waals surface area contributed by atoms with Crippen molar-refractivity contribution >= 4 is 21.8 Å². The number of hydrogen-bond acceptors (Lipinski definition) is 6. The monoisotopic (exact) mass is 479 g/mol. The summed E-state index contributed by atoms with van der Waals surface area (Å²) in [6.45, 7) is 2.13. The number of aryl methyl sites for hydroxylation is 1. The zero-order valence-corrected chi connectivity index (χ0v) is 20.3. The van der Waals surface area contributed by atoms with Gasteiger partial charge >= 0.3 is 0 Å². The van der Waals surface area contributed by atoms with E-state index in [-0.39, 0.29) is 4.90 Å². The molecule has 33 heavy (non-hydrogen) atoms. The van der Waals surface area contributed by atoms with Gasteiger partial charge in [0, 0.05) is 43.5 Å². The average Bonchev–Trinajstić information content (AvgIpc) is 3.27. The fourth-order valence-corrected chi connectivity index (χ4v) is 5.19. The molecule has 7 nitrogen and oxygen atoms in total. The highest BCUT2D eigenvalue weighted by Crippen LogP contribution is 2.30. The molecule has 170 valence electrons. The Hall–Kier alpha value is -3.01. The summed E-state index contributed by atoms with van der Waals surface area (Å²) in [4.78, 5) is 4.38. The highest BCUT2D eigenvalue weighted by Gasteiger charge is 2.19. The summed E-state index contributed by atoms with van der Waals surface area (Å²) in [5.74, 6) is 1.28. The Balaban J connectivity index is 1.68. The molecule has 0 aliphatic carbocycles. The molecule has 0 saturated heterocycles. The number of thioether (sulfide) groups is 1. The Morgan fingerprint density at radius 1 is 0.939 bits per heavy atom. The second-order valence-electron chi connectivity index (χ2n) is 7.62. The van der Waals surface area contributed by atoms with Crippen molar-refractivity contribution in [2.24, 2.45) is 0 Å². The first-order valence-electron chi connectivity index (χ1n) is 10.5. The molecule has 4 aromatic rings. The number of sulfonamides is 1. The third-order valence-corrected chi connectivity index (χ3v) is 8.03. The molecular weight excluding hydrogens is 454 g/mol. The van der Waals surface area contributed by atoms with Crippen molar-refractivity contribution in [3.05, 3.63) is 84.2 Å². The molecule has 2 aromatic heterocycles. The molecule has 0 unspecified atom stereocenters. The lowest BCUT2D eigenvalue weighted by Crippen LogP contribution is -2.22. The Kier molecular flexibility index (Phi) is 6.92. The van der Waals surface area contributed by atoms with Gasteiger partial charge in [0.1, 0.15) is 0 Å². The summed E-state index contributed by atoms with van der Waals surface area (Å²) < 4.78 is 28.2. The van der Waals surface area contributed by atoms with E-state index < -0.39 is 10.0 Å². The number of pyridine rings is 1. The largest absolute Gasteiger partial charge is 0.270 e. The van der Waals surface area contributed by atoms with Gasteiger partial charge in [-0.05, 0) is 53.9 Å². The average molecular weight is 480 g/mol. The Bertz CT molecular complexity index is 1340. The molecule has 0 aliphatic rings. The van der Waals surface area contributed by atoms with Crippen LogP contribution in [0, 0.1) is 0 Å². The SMILES string of the molecule is CCc1ccc(-n2c(SCc3cccc(S(=O)(=O)N(C)C)c3)nnc2-c2ccncc2)cc1. The number of benzene rings is 2. The maximum atomic E-state index is 12.5. The lowest BCUT2D eigenvalue weighted by atomic mass is 10.1. The van der Waals surface area contributed by atoms with Crippen LogP contribution in [0.3, 0.4) is 0 Å². The summed E-state index contributed by atoms with van der Waals surface area (Å²) in [6, 6.07) is 19.2. The van der Waals surface area contributed by atoms with Crippen molar-refractivity contribution in [2.45, 2.75) is 29.1 Å². The Morgan fingerprint density at radius 2 is 1.67 bits per heavy atom. The molecule has 0 amide bonds. The first kappa shape index (κ1) is 23.2. The maximum absolute atomic E-state index is 12.5. The van der Waals surface area contributed by atoms with E-state index in [0.29, 0.717) is 5.75 Å². The lowest BCUT2D eigenvalue weighted by molar-refractivity contribution is 0.520. The van der Waals surface area contributed by atoms with Crippen LogP contribution in [0.15, 0.2) is 83.1 Å². The molecule has 0 fully saturated rings. The van der Waals surface area contributed by atoms with Crippen LogP contribution in [0.4, 0.5) is 0 Å². The van der Waals surface area contributed by atoms with Crippen molar-refractivity contribution in [3.63, 3.8) is 0 Å². The Labute approximate surface area is 198 Å². The van der Waals surface area contributed by atoms with Crippen LogP contribution in [0.1, 0.15) is 18.1 Å². The summed E-state index contributed by atoms with van der Waals surface area (Å²) in [5, 5.41) is 9.64. The third-order valence-electron chi connectivity index (χ3n) is 5.22. The fourth-order valence-electron chi connectivity index (χ4n) is 3.32. The first-order chi connectivity index (χ1) is 15.9. The molecule has 0 atom stereocenters. The third kappa shape index (κ3) is 5.00. The standard InChI is InChI=1S/C24H25N5O2S2/c1-4-18-8-10-21(11-9-18)29-23(20-12-14-25-15-13-20)26-27-24(29)32-17-19-6-5-7-22(16-19)33(30,31)28(2)3/h5-16H,4,17H2,1-3H3. The molecule has 2 aromatic carbocycles. The van der Waals surface area contributed by atoms with Gasteiger partial charge in [-0.2, -0.15) is 0 Å². The second-order valence-corrected chi connectivity index (χ2v) is 10.7. The van der Waals surface area contributed by atoms with Gasteiger partial charge in [0.05, 0.1) is 4.90 Å². The van der Waals surface area contributed by atoms with E-state index in [1.54, 1.807) is 30.6 Å². The van der Waals surface area contributed by atoms with E-state index in [1.165, 1.54) is 35.7 Å². The lowest BCUT2D eigenvalue weighted by Gasteiger charge is -2.13. The van der Waals surface area contributed by atoms with Gasteiger partial charge in [-0.1, -0.05) is 43.0 Å². The molecule has 2 heterocycles. The van der Waals surface area contributed by atoms with Gasteiger partial charge in [0.15, 0.2) is 11.0 Å². The smallest absolute Gasteiger partial charge is 0.242 e. The van der Waals surface area contributed by atoms with Crippen molar-refractivity contribution in [1.82, 2.24) is 24.1 Å². The van der Waals surface area contributed by atoms with Crippen molar-refractivity contribution < 1.29 is 8.42 Å². The van der Waals surface area contributed by atoms with Crippen molar-refractivity contribution in [2.75, 3.05) is 14.1 Å². The van der Waals surface area contributed by atoms with Crippen LogP contribution >= 0.6 is 11.8 Å². The van der Waals surface area contributed by atoms with Gasteiger partial charge < -0.3 is 0 Å². The van der Waals surface area contributed by atoms with Gasteiger partial charge in [-0.3, -0.25) is 9.55 Å². The molecule has 0 radical (unpaired) electrons. The molecular formula is C24H25N5O2S2. The minimum Gasteiger partial charge on any atom is -0.270 e. The molecule has 0 aliphatic heterocycles. The van der Waals surface area contributed by atoms with Crippen LogP contribution in [-0.2, 0) is 22.2 Å². The minimum atomic E-state index is -3.49. The summed E-state index contributed by atoms with van der Waals surface area (Å²) in [7, 11) is -0.424. The van der Waals surface area contributed by atoms with Crippen molar-refractivity contribution in [1.29, 1.82) is 0 Å². The summed E-state index contributed by atoms with van der Waals surface area (Å²) in [6.07, 6.45) is 4.43. The van der Waals surface area contributed by atoms with Crippen LogP contribution in [-0.4, -0.2) is 46.6 Å². The molecule has 0 spiro atoms. The number of rotatable bonds is 8. The highest BCUT2D eigenvalue weighted by molar-refractivity contribution is 7.98. The Morgan fingerprint density at radius 3 is 2.33 bits per heavy atom. The van der Waals surface area contributed by atoms with Crippen LogP contribution in [0.25, 0.3) is 17.1 Å². The highest BCUT2D eigenvalue weighted by atomic mass is 32.2. The second kappa shape index (κ2) is 9.86. The van der Waals surface area contributed by atoms with E-state index in [0.717, 1.165) is 34.2 Å². The number of aromatic nitrogens is 4. The van der Waals surface area contributed by atoms with Crippen LogP contribution in [0.5, 0.6) is 0 Å². The maximum Gasteiger partial charge on any atom is 0.242 e. The summed E-state index contributed by atoms with van der Waals surface area (Å²) in [5.41, 5.74) is 4.04. The molecule has 9 heteroatoms. The van der Waals surface area contributed by atoms with Crippen molar-refractivity contribution in [3.8, 4) is 17.1 Å². The normalized spacial score (nSPS) is 11.8. The van der Waals surface area contributed by atoms with E-state index in [4.69, 9.17) is 0 Å². The summed E-state index contributed by atoms with van der Waals surface area (Å²) >= 11 is 1.51. The predicted octanol–water partition coefficient (Wildman–Crippen LogP) is 4.43.